The Morgan fingerprint density at radius 1 is 1.16 bits per heavy atom. The Morgan fingerprint density at radius 3 is 2.63 bits per heavy atom. The van der Waals surface area contributed by atoms with Gasteiger partial charge in [0.25, 0.3) is 0 Å². The van der Waals surface area contributed by atoms with Crippen LogP contribution < -0.4 is 9.47 Å². The Hall–Kier alpha value is -1.74. The van der Waals surface area contributed by atoms with Crippen molar-refractivity contribution in [3.05, 3.63) is 59.4 Å². The SMILES string of the molecule is COc1cccc(CCl)c1OCc1cccc(F)c1. The lowest BCUT2D eigenvalue weighted by Crippen LogP contribution is -2.00. The summed E-state index contributed by atoms with van der Waals surface area (Å²) in [6.07, 6.45) is 0. The molecule has 4 heteroatoms. The average molecular weight is 281 g/mol. The van der Waals surface area contributed by atoms with Crippen molar-refractivity contribution in [2.24, 2.45) is 0 Å². The topological polar surface area (TPSA) is 18.5 Å². The summed E-state index contributed by atoms with van der Waals surface area (Å²) in [4.78, 5) is 0. The van der Waals surface area contributed by atoms with Crippen LogP contribution in [0.2, 0.25) is 0 Å². The van der Waals surface area contributed by atoms with Gasteiger partial charge in [-0.15, -0.1) is 11.6 Å². The molecule has 0 radical (unpaired) electrons. The third-order valence-electron chi connectivity index (χ3n) is 2.70. The molecule has 0 unspecified atom stereocenters. The second-order valence-corrected chi connectivity index (χ2v) is 4.27. The third-order valence-corrected chi connectivity index (χ3v) is 2.98. The van der Waals surface area contributed by atoms with Gasteiger partial charge in [0.1, 0.15) is 12.4 Å². The first kappa shape index (κ1) is 13.7. The number of rotatable bonds is 5. The van der Waals surface area contributed by atoms with E-state index in [4.69, 9.17) is 21.1 Å². The Labute approximate surface area is 116 Å². The lowest BCUT2D eigenvalue weighted by Gasteiger charge is -2.13. The van der Waals surface area contributed by atoms with Gasteiger partial charge in [0.2, 0.25) is 0 Å². The minimum absolute atomic E-state index is 0.266. The van der Waals surface area contributed by atoms with Crippen LogP contribution in [0.3, 0.4) is 0 Å². The monoisotopic (exact) mass is 280 g/mol. The number of alkyl halides is 1. The molecule has 0 saturated heterocycles. The quantitative estimate of drug-likeness (QED) is 0.766. The summed E-state index contributed by atoms with van der Waals surface area (Å²) in [7, 11) is 1.57. The van der Waals surface area contributed by atoms with Crippen molar-refractivity contribution in [2.75, 3.05) is 7.11 Å². The molecule has 0 N–H and O–H groups in total. The Morgan fingerprint density at radius 2 is 1.95 bits per heavy atom. The van der Waals surface area contributed by atoms with Crippen LogP contribution in [0.4, 0.5) is 4.39 Å². The molecule has 100 valence electrons. The average Bonchev–Trinajstić information content (AvgIpc) is 2.44. The molecule has 19 heavy (non-hydrogen) atoms. The largest absolute Gasteiger partial charge is 0.493 e. The molecular formula is C15H14ClFO2. The minimum atomic E-state index is -0.279. The van der Waals surface area contributed by atoms with Gasteiger partial charge in [-0.3, -0.25) is 0 Å². The fourth-order valence-electron chi connectivity index (χ4n) is 1.77. The second-order valence-electron chi connectivity index (χ2n) is 4.00. The van der Waals surface area contributed by atoms with E-state index >= 15 is 0 Å². The summed E-state index contributed by atoms with van der Waals surface area (Å²) < 4.78 is 24.0. The fraction of sp³-hybridized carbons (Fsp3) is 0.200. The number of hydrogen-bond acceptors (Lipinski definition) is 2. The zero-order valence-corrected chi connectivity index (χ0v) is 11.3. The first-order valence-corrected chi connectivity index (χ1v) is 6.37. The molecule has 0 heterocycles. The maximum atomic E-state index is 13.1. The van der Waals surface area contributed by atoms with E-state index in [9.17, 15) is 4.39 Å². The molecule has 0 spiro atoms. The second kappa shape index (κ2) is 6.43. The van der Waals surface area contributed by atoms with Gasteiger partial charge in [0.15, 0.2) is 11.5 Å². The van der Waals surface area contributed by atoms with Crippen molar-refractivity contribution in [2.45, 2.75) is 12.5 Å². The van der Waals surface area contributed by atoms with Gasteiger partial charge in [-0.2, -0.15) is 0 Å². The van der Waals surface area contributed by atoms with E-state index in [1.165, 1.54) is 12.1 Å². The molecule has 0 amide bonds. The van der Waals surface area contributed by atoms with Crippen LogP contribution in [0.15, 0.2) is 42.5 Å². The summed E-state index contributed by atoms with van der Waals surface area (Å²) in [5, 5.41) is 0. The zero-order chi connectivity index (χ0) is 13.7. The molecule has 2 aromatic carbocycles. The van der Waals surface area contributed by atoms with E-state index in [1.54, 1.807) is 25.3 Å². The minimum Gasteiger partial charge on any atom is -0.493 e. The van der Waals surface area contributed by atoms with Crippen molar-refractivity contribution in [3.63, 3.8) is 0 Å². The van der Waals surface area contributed by atoms with E-state index < -0.39 is 0 Å². The molecule has 0 aliphatic heterocycles. The van der Waals surface area contributed by atoms with Crippen LogP contribution in [-0.2, 0) is 12.5 Å². The number of methoxy groups -OCH3 is 1. The zero-order valence-electron chi connectivity index (χ0n) is 10.5. The van der Waals surface area contributed by atoms with Gasteiger partial charge >= 0.3 is 0 Å². The molecule has 2 nitrogen and oxygen atoms in total. The van der Waals surface area contributed by atoms with E-state index in [2.05, 4.69) is 0 Å². The molecule has 0 aromatic heterocycles. The van der Waals surface area contributed by atoms with Crippen LogP contribution in [0.25, 0.3) is 0 Å². The van der Waals surface area contributed by atoms with E-state index in [-0.39, 0.29) is 12.4 Å². The summed E-state index contributed by atoms with van der Waals surface area (Å²) in [6.45, 7) is 0.266. The molecule has 2 rings (SSSR count). The first-order chi connectivity index (χ1) is 9.24. The van der Waals surface area contributed by atoms with Crippen LogP contribution in [0, 0.1) is 5.82 Å². The van der Waals surface area contributed by atoms with E-state index in [0.717, 1.165) is 11.1 Å². The van der Waals surface area contributed by atoms with Crippen molar-refractivity contribution in [1.29, 1.82) is 0 Å². The van der Waals surface area contributed by atoms with Gasteiger partial charge in [-0.1, -0.05) is 24.3 Å². The highest BCUT2D eigenvalue weighted by Crippen LogP contribution is 2.32. The van der Waals surface area contributed by atoms with Gasteiger partial charge in [-0.05, 0) is 23.8 Å². The number of halogens is 2. The van der Waals surface area contributed by atoms with Crippen molar-refractivity contribution >= 4 is 11.6 Å². The molecule has 0 aliphatic rings. The third kappa shape index (κ3) is 3.38. The highest BCUT2D eigenvalue weighted by Gasteiger charge is 2.10. The normalized spacial score (nSPS) is 10.3. The summed E-state index contributed by atoms with van der Waals surface area (Å²) in [5.74, 6) is 1.27. The summed E-state index contributed by atoms with van der Waals surface area (Å²) in [5.41, 5.74) is 1.60. The molecular weight excluding hydrogens is 267 g/mol. The number of benzene rings is 2. The molecule has 0 saturated carbocycles. The standard InChI is InChI=1S/C15H14ClFO2/c1-18-14-7-3-5-12(9-16)15(14)19-10-11-4-2-6-13(17)8-11/h2-8H,9-10H2,1H3. The molecule has 0 atom stereocenters. The van der Waals surface area contributed by atoms with Crippen LogP contribution in [-0.4, -0.2) is 7.11 Å². The maximum absolute atomic E-state index is 13.1. The Kier molecular flexibility index (Phi) is 4.63. The number of ether oxygens (including phenoxy) is 2. The number of para-hydroxylation sites is 1. The predicted molar refractivity (Wildman–Crippen MR) is 73.3 cm³/mol. The molecule has 0 fully saturated rings. The lowest BCUT2D eigenvalue weighted by molar-refractivity contribution is 0.282. The van der Waals surface area contributed by atoms with Crippen LogP contribution >= 0.6 is 11.6 Å². The highest BCUT2D eigenvalue weighted by atomic mass is 35.5. The van der Waals surface area contributed by atoms with Crippen molar-refractivity contribution < 1.29 is 13.9 Å². The Bertz CT molecular complexity index is 535. The van der Waals surface area contributed by atoms with Crippen molar-refractivity contribution in [3.8, 4) is 11.5 Å². The summed E-state index contributed by atoms with van der Waals surface area (Å²) in [6, 6.07) is 11.8. The smallest absolute Gasteiger partial charge is 0.166 e. The molecule has 0 bridgehead atoms. The summed E-state index contributed by atoms with van der Waals surface area (Å²) >= 11 is 5.87. The van der Waals surface area contributed by atoms with E-state index in [1.807, 2.05) is 12.1 Å². The lowest BCUT2D eigenvalue weighted by atomic mass is 10.2. The predicted octanol–water partition coefficient (Wildman–Crippen LogP) is 4.15. The van der Waals surface area contributed by atoms with Crippen molar-refractivity contribution in [1.82, 2.24) is 0 Å². The van der Waals surface area contributed by atoms with E-state index in [0.29, 0.717) is 17.4 Å². The van der Waals surface area contributed by atoms with Gasteiger partial charge < -0.3 is 9.47 Å². The van der Waals surface area contributed by atoms with Gasteiger partial charge in [-0.25, -0.2) is 4.39 Å². The van der Waals surface area contributed by atoms with Crippen LogP contribution in [0.1, 0.15) is 11.1 Å². The first-order valence-electron chi connectivity index (χ1n) is 5.83. The highest BCUT2D eigenvalue weighted by molar-refractivity contribution is 6.17. The Balaban J connectivity index is 2.19. The molecule has 2 aromatic rings. The number of hydrogen-bond donors (Lipinski definition) is 0. The van der Waals surface area contributed by atoms with Gasteiger partial charge in [0.05, 0.1) is 13.0 Å². The fourth-order valence-corrected chi connectivity index (χ4v) is 1.98. The van der Waals surface area contributed by atoms with Crippen LogP contribution in [0.5, 0.6) is 11.5 Å². The molecule has 0 aliphatic carbocycles. The van der Waals surface area contributed by atoms with Gasteiger partial charge in [0, 0.05) is 5.56 Å². The maximum Gasteiger partial charge on any atom is 0.166 e.